The summed E-state index contributed by atoms with van der Waals surface area (Å²) in [7, 11) is 0. The van der Waals surface area contributed by atoms with Gasteiger partial charge in [0.05, 0.1) is 0 Å². The molecule has 0 fully saturated rings. The van der Waals surface area contributed by atoms with Crippen molar-refractivity contribution in [2.45, 2.75) is 6.36 Å². The fourth-order valence-electron chi connectivity index (χ4n) is 1.23. The minimum absolute atomic E-state index is 0.589. The summed E-state index contributed by atoms with van der Waals surface area (Å²) in [5.74, 6) is -1.06. The fourth-order valence-corrected chi connectivity index (χ4v) is 1.86. The molecule has 0 unspecified atom stereocenters. The summed E-state index contributed by atoms with van der Waals surface area (Å²) in [4.78, 5) is 0. The molecule has 0 saturated carbocycles. The molecule has 1 heterocycles. The lowest BCUT2D eigenvalue weighted by molar-refractivity contribution is -0.275. The molecule has 0 aliphatic carbocycles. The predicted molar refractivity (Wildman–Crippen MR) is 53.5 cm³/mol. The highest BCUT2D eigenvalue weighted by Crippen LogP contribution is 2.34. The SMILES string of the molecule is Fc1cc(C2=CSC2)ccc1OC(F)(F)F. The van der Waals surface area contributed by atoms with Gasteiger partial charge in [-0.2, -0.15) is 0 Å². The number of ether oxygens (including phenoxy) is 1. The van der Waals surface area contributed by atoms with E-state index in [4.69, 9.17) is 0 Å². The number of hydrogen-bond acceptors (Lipinski definition) is 2. The van der Waals surface area contributed by atoms with Crippen molar-refractivity contribution in [1.82, 2.24) is 0 Å². The van der Waals surface area contributed by atoms with Crippen molar-refractivity contribution >= 4 is 17.3 Å². The molecule has 0 saturated heterocycles. The molecular formula is C10H6F4OS. The van der Waals surface area contributed by atoms with Crippen molar-refractivity contribution in [2.75, 3.05) is 5.75 Å². The van der Waals surface area contributed by atoms with Gasteiger partial charge < -0.3 is 4.74 Å². The van der Waals surface area contributed by atoms with Crippen LogP contribution in [0.3, 0.4) is 0 Å². The van der Waals surface area contributed by atoms with Crippen LogP contribution in [0.25, 0.3) is 5.57 Å². The van der Waals surface area contributed by atoms with Crippen LogP contribution in [0.1, 0.15) is 5.56 Å². The zero-order chi connectivity index (χ0) is 11.8. The summed E-state index contributed by atoms with van der Waals surface area (Å²) >= 11 is 1.56. The van der Waals surface area contributed by atoms with Crippen LogP contribution in [0.15, 0.2) is 23.6 Å². The van der Waals surface area contributed by atoms with E-state index >= 15 is 0 Å². The molecule has 0 aromatic heterocycles. The van der Waals surface area contributed by atoms with E-state index in [-0.39, 0.29) is 0 Å². The summed E-state index contributed by atoms with van der Waals surface area (Å²) in [5.41, 5.74) is 1.51. The third-order valence-electron chi connectivity index (χ3n) is 1.99. The summed E-state index contributed by atoms with van der Waals surface area (Å²) < 4.78 is 52.3. The fraction of sp³-hybridized carbons (Fsp3) is 0.200. The lowest BCUT2D eigenvalue weighted by Crippen LogP contribution is -2.18. The van der Waals surface area contributed by atoms with Crippen LogP contribution in [0.4, 0.5) is 17.6 Å². The Morgan fingerprint density at radius 2 is 1.94 bits per heavy atom. The first-order valence-electron chi connectivity index (χ1n) is 4.32. The van der Waals surface area contributed by atoms with Crippen molar-refractivity contribution in [1.29, 1.82) is 0 Å². The van der Waals surface area contributed by atoms with Gasteiger partial charge in [-0.05, 0) is 28.7 Å². The lowest BCUT2D eigenvalue weighted by atomic mass is 10.1. The first-order valence-corrected chi connectivity index (χ1v) is 5.37. The minimum atomic E-state index is -4.87. The molecular weight excluding hydrogens is 244 g/mol. The Bertz CT molecular complexity index is 439. The van der Waals surface area contributed by atoms with Crippen molar-refractivity contribution in [3.63, 3.8) is 0 Å². The maximum atomic E-state index is 13.2. The van der Waals surface area contributed by atoms with E-state index in [1.54, 1.807) is 11.8 Å². The summed E-state index contributed by atoms with van der Waals surface area (Å²) in [5, 5.41) is 1.83. The molecule has 16 heavy (non-hydrogen) atoms. The molecule has 0 N–H and O–H groups in total. The van der Waals surface area contributed by atoms with Crippen LogP contribution in [-0.4, -0.2) is 12.1 Å². The maximum absolute atomic E-state index is 13.2. The molecule has 0 atom stereocenters. The standard InChI is InChI=1S/C10H6F4OS/c11-8-3-6(7-4-16-5-7)1-2-9(8)15-10(12,13)14/h1-4H,5H2. The Balaban J connectivity index is 2.23. The minimum Gasteiger partial charge on any atom is -0.403 e. The van der Waals surface area contributed by atoms with Gasteiger partial charge in [0.2, 0.25) is 0 Å². The number of hydrogen-bond donors (Lipinski definition) is 0. The molecule has 2 rings (SSSR count). The van der Waals surface area contributed by atoms with Gasteiger partial charge in [0.1, 0.15) is 0 Å². The van der Waals surface area contributed by atoms with Gasteiger partial charge in [0, 0.05) is 5.75 Å². The van der Waals surface area contributed by atoms with E-state index in [2.05, 4.69) is 4.74 Å². The predicted octanol–water partition coefficient (Wildman–Crippen LogP) is 3.81. The normalized spacial score (nSPS) is 15.4. The number of rotatable bonds is 2. The summed E-state index contributed by atoms with van der Waals surface area (Å²) in [6.07, 6.45) is -4.87. The van der Waals surface area contributed by atoms with Crippen LogP contribution in [0, 0.1) is 5.82 Å². The monoisotopic (exact) mass is 250 g/mol. The third-order valence-corrected chi connectivity index (χ3v) is 2.92. The van der Waals surface area contributed by atoms with Gasteiger partial charge >= 0.3 is 6.36 Å². The van der Waals surface area contributed by atoms with Gasteiger partial charge in [-0.3, -0.25) is 0 Å². The second kappa shape index (κ2) is 4.01. The van der Waals surface area contributed by atoms with Crippen molar-refractivity contribution in [2.24, 2.45) is 0 Å². The second-order valence-corrected chi connectivity index (χ2v) is 4.00. The van der Waals surface area contributed by atoms with E-state index in [0.717, 1.165) is 23.5 Å². The zero-order valence-corrected chi connectivity index (χ0v) is 8.66. The Hall–Kier alpha value is -1.17. The average Bonchev–Trinajstić information content (AvgIpc) is 2.04. The van der Waals surface area contributed by atoms with E-state index in [0.29, 0.717) is 5.56 Å². The molecule has 1 aliphatic rings. The van der Waals surface area contributed by atoms with Crippen LogP contribution in [0.2, 0.25) is 0 Å². The number of benzene rings is 1. The Kier molecular flexibility index (Phi) is 2.84. The second-order valence-electron chi connectivity index (χ2n) is 3.15. The van der Waals surface area contributed by atoms with Crippen molar-refractivity contribution < 1.29 is 22.3 Å². The molecule has 1 nitrogen and oxygen atoms in total. The highest BCUT2D eigenvalue weighted by atomic mass is 32.2. The van der Waals surface area contributed by atoms with Gasteiger partial charge in [0.25, 0.3) is 0 Å². The molecule has 1 aliphatic heterocycles. The van der Waals surface area contributed by atoms with Crippen molar-refractivity contribution in [3.05, 3.63) is 35.0 Å². The van der Waals surface area contributed by atoms with Gasteiger partial charge in [-0.15, -0.1) is 24.9 Å². The number of alkyl halides is 3. The largest absolute Gasteiger partial charge is 0.573 e. The van der Waals surface area contributed by atoms with E-state index in [1.807, 2.05) is 5.41 Å². The van der Waals surface area contributed by atoms with Gasteiger partial charge in [-0.25, -0.2) is 4.39 Å². The molecule has 0 amide bonds. The van der Waals surface area contributed by atoms with Gasteiger partial charge in [0.15, 0.2) is 11.6 Å². The van der Waals surface area contributed by atoms with Crippen LogP contribution >= 0.6 is 11.8 Å². The zero-order valence-electron chi connectivity index (χ0n) is 7.84. The maximum Gasteiger partial charge on any atom is 0.573 e. The van der Waals surface area contributed by atoms with Crippen LogP contribution < -0.4 is 4.74 Å². The van der Waals surface area contributed by atoms with E-state index in [1.165, 1.54) is 6.07 Å². The molecule has 86 valence electrons. The van der Waals surface area contributed by atoms with E-state index < -0.39 is 17.9 Å². The molecule has 1 aromatic rings. The molecule has 0 bridgehead atoms. The first-order chi connectivity index (χ1) is 7.46. The number of halogens is 4. The first kappa shape index (κ1) is 11.3. The van der Waals surface area contributed by atoms with E-state index in [9.17, 15) is 17.6 Å². The highest BCUT2D eigenvalue weighted by molar-refractivity contribution is 8.04. The van der Waals surface area contributed by atoms with Crippen LogP contribution in [0.5, 0.6) is 5.75 Å². The van der Waals surface area contributed by atoms with Crippen molar-refractivity contribution in [3.8, 4) is 5.75 Å². The Labute approximate surface area is 93.1 Å². The molecule has 0 radical (unpaired) electrons. The lowest BCUT2D eigenvalue weighted by Gasteiger charge is -2.15. The van der Waals surface area contributed by atoms with Gasteiger partial charge in [-0.1, -0.05) is 6.07 Å². The smallest absolute Gasteiger partial charge is 0.403 e. The number of thioether (sulfide) groups is 1. The highest BCUT2D eigenvalue weighted by Gasteiger charge is 2.32. The topological polar surface area (TPSA) is 9.23 Å². The molecule has 6 heteroatoms. The Morgan fingerprint density at radius 1 is 1.25 bits per heavy atom. The molecule has 0 spiro atoms. The quantitative estimate of drug-likeness (QED) is 0.738. The third kappa shape index (κ3) is 2.49. The molecule has 1 aromatic carbocycles. The Morgan fingerprint density at radius 3 is 2.38 bits per heavy atom. The summed E-state index contributed by atoms with van der Waals surface area (Å²) in [6.45, 7) is 0. The van der Waals surface area contributed by atoms with Crippen LogP contribution in [-0.2, 0) is 0 Å². The average molecular weight is 250 g/mol. The summed E-state index contributed by atoms with van der Waals surface area (Å²) in [6, 6.07) is 3.45.